The molecule has 8 amide bonds. The van der Waals surface area contributed by atoms with Gasteiger partial charge in [0, 0.05) is 51.4 Å². The van der Waals surface area contributed by atoms with Crippen LogP contribution in [0.15, 0.2) is 0 Å². The van der Waals surface area contributed by atoms with Crippen molar-refractivity contribution in [2.24, 2.45) is 0 Å². The summed E-state index contributed by atoms with van der Waals surface area (Å²) in [5, 5.41) is 1.22. The van der Waals surface area contributed by atoms with Gasteiger partial charge in [0.15, 0.2) is 0 Å². The monoisotopic (exact) mass is 876 g/mol. The van der Waals surface area contributed by atoms with E-state index in [9.17, 15) is 57.5 Å². The van der Waals surface area contributed by atoms with E-state index in [1.54, 1.807) is 0 Å². The van der Waals surface area contributed by atoms with Gasteiger partial charge in [-0.3, -0.25) is 38.4 Å². The lowest BCUT2D eigenvalue weighted by Gasteiger charge is -2.31. The minimum Gasteiger partial charge on any atom is -0.353 e. The highest BCUT2D eigenvalue weighted by Crippen LogP contribution is 2.17. The molecule has 4 aliphatic heterocycles. The molecule has 3 atom stereocenters. The van der Waals surface area contributed by atoms with E-state index >= 15 is 0 Å². The number of ether oxygens (including phenoxy) is 8. The molecule has 0 aromatic heterocycles. The predicted molar refractivity (Wildman–Crippen MR) is 178 cm³/mol. The van der Waals surface area contributed by atoms with Gasteiger partial charge in [0.05, 0.1) is 12.7 Å². The third-order valence-electron chi connectivity index (χ3n) is 8.08. The van der Waals surface area contributed by atoms with E-state index in [1.165, 1.54) is 6.92 Å². The van der Waals surface area contributed by atoms with Crippen LogP contribution < -0.4 is 0 Å². The molecule has 28 heteroatoms. The Morgan fingerprint density at radius 2 is 0.689 bits per heavy atom. The van der Waals surface area contributed by atoms with Crippen LogP contribution in [0.1, 0.15) is 58.3 Å². The summed E-state index contributed by atoms with van der Waals surface area (Å²) in [6.45, 7) is -5.11. The fourth-order valence-electron chi connectivity index (χ4n) is 5.16. The van der Waals surface area contributed by atoms with Gasteiger partial charge < -0.3 is 57.2 Å². The molecule has 4 aliphatic rings. The first kappa shape index (κ1) is 47.8. The van der Waals surface area contributed by atoms with E-state index in [1.807, 2.05) is 0 Å². The SMILES string of the molecule is CC(OCOCC(=O)ON1C(=O)CCC1=O)C(OCOCC(=O)ON1C(=O)CCC1=O)C(COCOCC(=O)ON1C(=O)CCC1=O)OCOCC(=O)ON1C(=O)CCC1=O. The van der Waals surface area contributed by atoms with Crippen LogP contribution in [0.25, 0.3) is 0 Å². The second-order valence-electron chi connectivity index (χ2n) is 12.6. The number of carbonyl (C=O) groups excluding carboxylic acids is 12. The Bertz CT molecular complexity index is 1660. The van der Waals surface area contributed by atoms with Gasteiger partial charge in [0.1, 0.15) is 65.8 Å². The molecule has 0 saturated carbocycles. The lowest BCUT2D eigenvalue weighted by Crippen LogP contribution is -2.45. The fourth-order valence-corrected chi connectivity index (χ4v) is 5.16. The van der Waals surface area contributed by atoms with E-state index in [2.05, 4.69) is 0 Å². The third-order valence-corrected chi connectivity index (χ3v) is 8.08. The van der Waals surface area contributed by atoms with Crippen molar-refractivity contribution in [3.05, 3.63) is 0 Å². The zero-order chi connectivity index (χ0) is 44.5. The van der Waals surface area contributed by atoms with Crippen LogP contribution in [0.4, 0.5) is 0 Å². The molecule has 61 heavy (non-hydrogen) atoms. The van der Waals surface area contributed by atoms with Crippen molar-refractivity contribution in [1.82, 2.24) is 20.3 Å². The molecule has 0 spiro atoms. The van der Waals surface area contributed by atoms with Crippen LogP contribution in [0, 0.1) is 0 Å². The maximum Gasteiger partial charge on any atom is 0.358 e. The molecule has 4 saturated heterocycles. The highest BCUT2D eigenvalue weighted by molar-refractivity contribution is 6.03. The molecule has 4 fully saturated rings. The Morgan fingerprint density at radius 1 is 0.410 bits per heavy atom. The predicted octanol–water partition coefficient (Wildman–Crippen LogP) is -3.50. The van der Waals surface area contributed by atoms with E-state index in [4.69, 9.17) is 57.2 Å². The summed E-state index contributed by atoms with van der Waals surface area (Å²) < 4.78 is 43.1. The standard InChI is InChI=1S/C33H40N4O24/c1-19(55-16-52-12-30(47)59-35-23(40)4-5-24(35)41)33(57-18-54-14-32(49)61-37-27(44)8-9-28(37)45)20(56-17-53-13-31(48)60-36-25(42)6-7-26(36)43)10-50-15-51-11-29(46)58-34-21(38)2-3-22(34)39/h19-20,33H,2-18H2,1H3. The first-order valence-corrected chi connectivity index (χ1v) is 18.1. The number of hydrogen-bond donors (Lipinski definition) is 0. The average Bonchev–Trinajstić information content (AvgIpc) is 3.93. The quantitative estimate of drug-likeness (QED) is 0.0439. The minimum atomic E-state index is -1.33. The van der Waals surface area contributed by atoms with Gasteiger partial charge in [-0.1, -0.05) is 0 Å². The van der Waals surface area contributed by atoms with Crippen molar-refractivity contribution < 1.29 is 115 Å². The van der Waals surface area contributed by atoms with Gasteiger partial charge in [-0.15, -0.1) is 20.3 Å². The van der Waals surface area contributed by atoms with Gasteiger partial charge in [0.2, 0.25) is 0 Å². The Kier molecular flexibility index (Phi) is 18.6. The van der Waals surface area contributed by atoms with Crippen LogP contribution in [0.3, 0.4) is 0 Å². The minimum absolute atomic E-state index is 0.136. The highest BCUT2D eigenvalue weighted by atomic mass is 16.8. The van der Waals surface area contributed by atoms with Crippen molar-refractivity contribution in [1.29, 1.82) is 0 Å². The van der Waals surface area contributed by atoms with Gasteiger partial charge >= 0.3 is 23.9 Å². The molecule has 4 rings (SSSR count). The summed E-state index contributed by atoms with van der Waals surface area (Å²) >= 11 is 0. The zero-order valence-electron chi connectivity index (χ0n) is 32.3. The summed E-state index contributed by atoms with van der Waals surface area (Å²) in [5.41, 5.74) is 0. The molecule has 0 bridgehead atoms. The van der Waals surface area contributed by atoms with E-state index in [0.717, 1.165) is 0 Å². The molecule has 0 aliphatic carbocycles. The number of imide groups is 4. The molecule has 0 aromatic rings. The molecule has 0 N–H and O–H groups in total. The molecule has 28 nitrogen and oxygen atoms in total. The number of amides is 8. The number of hydrogen-bond acceptors (Lipinski definition) is 24. The summed E-state index contributed by atoms with van der Waals surface area (Å²) in [5.74, 6) is -10.3. The van der Waals surface area contributed by atoms with Gasteiger partial charge in [-0.05, 0) is 6.92 Å². The van der Waals surface area contributed by atoms with Crippen molar-refractivity contribution >= 4 is 71.1 Å². The molecule has 0 aromatic carbocycles. The van der Waals surface area contributed by atoms with Gasteiger partial charge in [0.25, 0.3) is 47.3 Å². The maximum atomic E-state index is 12.2. The Balaban J connectivity index is 1.35. The molecular formula is C33H40N4O24. The normalized spacial score (nSPS) is 18.4. The van der Waals surface area contributed by atoms with Crippen molar-refractivity contribution in [2.45, 2.75) is 76.6 Å². The second-order valence-corrected chi connectivity index (χ2v) is 12.6. The summed E-state index contributed by atoms with van der Waals surface area (Å²) in [7, 11) is 0. The number of carbonyl (C=O) groups is 12. The topological polar surface area (TPSA) is 329 Å². The average molecular weight is 877 g/mol. The molecular weight excluding hydrogens is 836 g/mol. The van der Waals surface area contributed by atoms with Crippen molar-refractivity contribution in [3.63, 3.8) is 0 Å². The first-order valence-electron chi connectivity index (χ1n) is 18.1. The largest absolute Gasteiger partial charge is 0.358 e. The first-order chi connectivity index (χ1) is 29.1. The van der Waals surface area contributed by atoms with E-state index in [0.29, 0.717) is 20.3 Å². The zero-order valence-corrected chi connectivity index (χ0v) is 32.3. The van der Waals surface area contributed by atoms with E-state index < -0.39 is 150 Å². The number of hydroxylamine groups is 8. The number of nitrogens with zero attached hydrogens (tertiary/aromatic N) is 4. The smallest absolute Gasteiger partial charge is 0.353 e. The van der Waals surface area contributed by atoms with Crippen LogP contribution >= 0.6 is 0 Å². The molecule has 0 radical (unpaired) electrons. The summed E-state index contributed by atoms with van der Waals surface area (Å²) in [6.07, 6.45) is -4.95. The Morgan fingerprint density at radius 3 is 1.02 bits per heavy atom. The van der Waals surface area contributed by atoms with Crippen LogP contribution in [-0.2, 0) is 115 Å². The fraction of sp³-hybridized carbons (Fsp3) is 0.636. The Labute approximate surface area is 343 Å². The van der Waals surface area contributed by atoms with Gasteiger partial charge in [-0.25, -0.2) is 19.2 Å². The molecule has 336 valence electrons. The summed E-state index contributed by atoms with van der Waals surface area (Å²) in [4.78, 5) is 162. The molecule has 4 heterocycles. The second kappa shape index (κ2) is 23.8. The van der Waals surface area contributed by atoms with Crippen LogP contribution in [-0.4, -0.2) is 170 Å². The third kappa shape index (κ3) is 15.0. The lowest BCUT2D eigenvalue weighted by atomic mass is 10.1. The number of rotatable bonds is 27. The maximum absolute atomic E-state index is 12.2. The van der Waals surface area contributed by atoms with Crippen LogP contribution in [0.5, 0.6) is 0 Å². The Hall–Kier alpha value is -5.88. The lowest BCUT2D eigenvalue weighted by molar-refractivity contribution is -0.233. The molecule has 3 unspecified atom stereocenters. The highest BCUT2D eigenvalue weighted by Gasteiger charge is 2.37. The van der Waals surface area contributed by atoms with Gasteiger partial charge in [-0.2, -0.15) is 0 Å². The van der Waals surface area contributed by atoms with Crippen molar-refractivity contribution in [2.75, 3.05) is 60.2 Å². The van der Waals surface area contributed by atoms with Crippen LogP contribution in [0.2, 0.25) is 0 Å². The summed E-state index contributed by atoms with van der Waals surface area (Å²) in [6, 6.07) is 0. The van der Waals surface area contributed by atoms with E-state index in [-0.39, 0.29) is 51.4 Å². The van der Waals surface area contributed by atoms with Crippen molar-refractivity contribution in [3.8, 4) is 0 Å².